The van der Waals surface area contributed by atoms with Crippen LogP contribution in [0, 0.1) is 6.92 Å². The second kappa shape index (κ2) is 6.71. The fraction of sp³-hybridized carbons (Fsp3) is 0.278. The van der Waals surface area contributed by atoms with Crippen molar-refractivity contribution in [1.29, 1.82) is 0 Å². The molecule has 0 unspecified atom stereocenters. The number of nitrogens with one attached hydrogen (secondary N) is 3. The highest BCUT2D eigenvalue weighted by atomic mass is 35.5. The number of hydrogen-bond acceptors (Lipinski definition) is 5. The molecule has 0 aliphatic heterocycles. The summed E-state index contributed by atoms with van der Waals surface area (Å²) in [6.45, 7) is 5.09. The van der Waals surface area contributed by atoms with Gasteiger partial charge in [0.25, 0.3) is 5.56 Å². The van der Waals surface area contributed by atoms with Gasteiger partial charge in [0.2, 0.25) is 0 Å². The normalized spacial score (nSPS) is 11.6. The van der Waals surface area contributed by atoms with Gasteiger partial charge in [-0.2, -0.15) is 5.10 Å². The third-order valence-electron chi connectivity index (χ3n) is 4.48. The Balaban J connectivity index is 1.87. The first-order chi connectivity index (χ1) is 13.0. The minimum atomic E-state index is -0.322. The van der Waals surface area contributed by atoms with Crippen LogP contribution in [0.4, 0.5) is 5.69 Å². The Morgan fingerprint density at radius 1 is 1.30 bits per heavy atom. The number of aryl methyl sites for hydroxylation is 2. The lowest BCUT2D eigenvalue weighted by atomic mass is 10.2. The number of fused-ring (bicyclic) bond motifs is 2. The Morgan fingerprint density at radius 3 is 2.85 bits per heavy atom. The van der Waals surface area contributed by atoms with Crippen LogP contribution in [0.3, 0.4) is 0 Å². The molecule has 1 aromatic carbocycles. The van der Waals surface area contributed by atoms with Gasteiger partial charge in [-0.15, -0.1) is 0 Å². The maximum atomic E-state index is 12.6. The summed E-state index contributed by atoms with van der Waals surface area (Å²) in [5.41, 5.74) is 4.46. The Bertz CT molecular complexity index is 1210. The molecule has 8 nitrogen and oxygen atoms in total. The van der Waals surface area contributed by atoms with E-state index < -0.39 is 0 Å². The highest BCUT2D eigenvalue weighted by Crippen LogP contribution is 2.30. The smallest absolute Gasteiger partial charge is 0.261 e. The number of aliphatic hydroxyl groups is 1. The van der Waals surface area contributed by atoms with Gasteiger partial charge in [0.15, 0.2) is 0 Å². The van der Waals surface area contributed by atoms with Gasteiger partial charge in [0, 0.05) is 25.0 Å². The third kappa shape index (κ3) is 2.96. The molecule has 0 radical (unpaired) electrons. The van der Waals surface area contributed by atoms with Gasteiger partial charge >= 0.3 is 0 Å². The predicted octanol–water partition coefficient (Wildman–Crippen LogP) is 2.65. The van der Waals surface area contributed by atoms with Gasteiger partial charge in [-0.1, -0.05) is 11.6 Å². The van der Waals surface area contributed by atoms with Crippen LogP contribution in [0.25, 0.3) is 33.5 Å². The first kappa shape index (κ1) is 17.6. The summed E-state index contributed by atoms with van der Waals surface area (Å²) < 4.78 is 1.72. The molecule has 0 aliphatic carbocycles. The van der Waals surface area contributed by atoms with E-state index in [1.54, 1.807) is 10.9 Å². The molecular formula is C18H19ClN6O2. The number of hydrogen-bond donors (Lipinski definition) is 4. The van der Waals surface area contributed by atoms with Crippen molar-refractivity contribution < 1.29 is 5.11 Å². The second-order valence-electron chi connectivity index (χ2n) is 6.31. The average molecular weight is 387 g/mol. The Labute approximate surface area is 159 Å². The molecule has 0 amide bonds. The van der Waals surface area contributed by atoms with E-state index in [4.69, 9.17) is 16.7 Å². The van der Waals surface area contributed by atoms with Crippen molar-refractivity contribution in [2.45, 2.75) is 20.4 Å². The summed E-state index contributed by atoms with van der Waals surface area (Å²) >= 11 is 6.51. The summed E-state index contributed by atoms with van der Waals surface area (Å²) in [6, 6.07) is 3.82. The number of aromatic nitrogens is 5. The molecule has 4 rings (SSSR count). The lowest BCUT2D eigenvalue weighted by Gasteiger charge is -2.07. The van der Waals surface area contributed by atoms with Crippen molar-refractivity contribution in [3.05, 3.63) is 39.3 Å². The Morgan fingerprint density at radius 2 is 2.11 bits per heavy atom. The molecule has 0 fully saturated rings. The molecule has 3 heterocycles. The van der Waals surface area contributed by atoms with Gasteiger partial charge in [0.1, 0.15) is 16.9 Å². The lowest BCUT2D eigenvalue weighted by Crippen LogP contribution is -2.10. The van der Waals surface area contributed by atoms with Gasteiger partial charge in [-0.05, 0) is 31.5 Å². The number of H-pyrrole nitrogens is 2. The van der Waals surface area contributed by atoms with E-state index in [0.717, 1.165) is 22.3 Å². The predicted molar refractivity (Wildman–Crippen MR) is 106 cm³/mol. The monoisotopic (exact) mass is 386 g/mol. The summed E-state index contributed by atoms with van der Waals surface area (Å²) in [4.78, 5) is 23.2. The van der Waals surface area contributed by atoms with Crippen molar-refractivity contribution in [3.63, 3.8) is 0 Å². The van der Waals surface area contributed by atoms with Crippen LogP contribution < -0.4 is 10.9 Å². The zero-order valence-corrected chi connectivity index (χ0v) is 15.7. The van der Waals surface area contributed by atoms with E-state index in [2.05, 4.69) is 25.4 Å². The Kier molecular flexibility index (Phi) is 4.37. The van der Waals surface area contributed by atoms with Crippen LogP contribution in [-0.2, 0) is 6.54 Å². The first-order valence-corrected chi connectivity index (χ1v) is 9.04. The highest BCUT2D eigenvalue weighted by molar-refractivity contribution is 6.37. The minimum Gasteiger partial charge on any atom is -0.395 e. The number of nitrogens with zero attached hydrogens (tertiary/aromatic N) is 3. The van der Waals surface area contributed by atoms with E-state index in [0.29, 0.717) is 29.9 Å². The molecule has 0 spiro atoms. The van der Waals surface area contributed by atoms with Gasteiger partial charge in [0.05, 0.1) is 28.2 Å². The fourth-order valence-electron chi connectivity index (χ4n) is 3.11. The van der Waals surface area contributed by atoms with E-state index in [-0.39, 0.29) is 22.8 Å². The van der Waals surface area contributed by atoms with Crippen LogP contribution in [0.1, 0.15) is 12.5 Å². The summed E-state index contributed by atoms with van der Waals surface area (Å²) in [5.74, 6) is 0.392. The topological polar surface area (TPSA) is 112 Å². The fourth-order valence-corrected chi connectivity index (χ4v) is 3.43. The third-order valence-corrected chi connectivity index (χ3v) is 4.85. The SMILES string of the molecule is CCn1cc2[nH]c(=O)c(-c3nc4cc(C)c(NCCO)cc4[nH]3)c(Cl)c2n1. The molecule has 140 valence electrons. The van der Waals surface area contributed by atoms with Crippen LogP contribution in [0.15, 0.2) is 23.1 Å². The molecule has 0 bridgehead atoms. The van der Waals surface area contributed by atoms with Crippen molar-refractivity contribution >= 4 is 39.4 Å². The van der Waals surface area contributed by atoms with Crippen molar-refractivity contribution in [2.24, 2.45) is 0 Å². The molecule has 3 aromatic heterocycles. The molecule has 4 N–H and O–H groups in total. The molecule has 0 atom stereocenters. The standard InChI is InChI=1S/C18H19ClN6O2/c1-3-25-8-13-16(24-25)15(19)14(18(27)23-13)17-21-11-6-9(2)10(20-4-5-26)7-12(11)22-17/h6-8,20,26H,3-5H2,1-2H3,(H,21,22)(H,23,27). The largest absolute Gasteiger partial charge is 0.395 e. The van der Waals surface area contributed by atoms with E-state index >= 15 is 0 Å². The van der Waals surface area contributed by atoms with Crippen LogP contribution in [0.5, 0.6) is 0 Å². The van der Waals surface area contributed by atoms with Gasteiger partial charge in [-0.25, -0.2) is 4.98 Å². The zero-order valence-electron chi connectivity index (χ0n) is 14.9. The zero-order chi connectivity index (χ0) is 19.1. The lowest BCUT2D eigenvalue weighted by molar-refractivity contribution is 0.311. The number of pyridine rings is 1. The van der Waals surface area contributed by atoms with Crippen LogP contribution in [-0.4, -0.2) is 43.0 Å². The number of imidazole rings is 1. The van der Waals surface area contributed by atoms with Crippen molar-refractivity contribution in [3.8, 4) is 11.4 Å². The summed E-state index contributed by atoms with van der Waals surface area (Å²) in [5, 5.41) is 16.9. The minimum absolute atomic E-state index is 0.0428. The maximum Gasteiger partial charge on any atom is 0.261 e. The molecule has 9 heteroatoms. The highest BCUT2D eigenvalue weighted by Gasteiger charge is 2.19. The van der Waals surface area contributed by atoms with Gasteiger partial charge < -0.3 is 20.4 Å². The van der Waals surface area contributed by atoms with Gasteiger partial charge in [-0.3, -0.25) is 9.48 Å². The van der Waals surface area contributed by atoms with E-state index in [9.17, 15) is 4.79 Å². The number of aromatic amines is 2. The van der Waals surface area contributed by atoms with Crippen molar-refractivity contribution in [2.75, 3.05) is 18.5 Å². The molecule has 0 saturated carbocycles. The molecule has 4 aromatic rings. The number of halogens is 1. The molecular weight excluding hydrogens is 368 g/mol. The second-order valence-corrected chi connectivity index (χ2v) is 6.69. The number of anilines is 1. The maximum absolute atomic E-state index is 12.6. The first-order valence-electron chi connectivity index (χ1n) is 8.66. The van der Waals surface area contributed by atoms with Crippen LogP contribution in [0.2, 0.25) is 5.02 Å². The van der Waals surface area contributed by atoms with Crippen molar-refractivity contribution in [1.82, 2.24) is 24.7 Å². The number of rotatable bonds is 5. The number of benzene rings is 1. The molecule has 0 saturated heterocycles. The molecule has 0 aliphatic rings. The molecule has 27 heavy (non-hydrogen) atoms. The van der Waals surface area contributed by atoms with Crippen LogP contribution >= 0.6 is 11.6 Å². The summed E-state index contributed by atoms with van der Waals surface area (Å²) in [6.07, 6.45) is 1.76. The van der Waals surface area contributed by atoms with E-state index in [1.165, 1.54) is 0 Å². The quantitative estimate of drug-likeness (QED) is 0.421. The Hall–Kier alpha value is -2.84. The average Bonchev–Trinajstić information content (AvgIpc) is 3.23. The summed E-state index contributed by atoms with van der Waals surface area (Å²) in [7, 11) is 0. The van der Waals surface area contributed by atoms with E-state index in [1.807, 2.05) is 26.0 Å². The number of aliphatic hydroxyl groups excluding tert-OH is 1.